The van der Waals surface area contributed by atoms with Crippen LogP contribution in [-0.2, 0) is 10.8 Å². The summed E-state index contributed by atoms with van der Waals surface area (Å²) in [6.07, 6.45) is 2.25. The van der Waals surface area contributed by atoms with Crippen molar-refractivity contribution >= 4 is 65.4 Å². The molecular formula is C59H46N6. The number of hydrogen-bond donors (Lipinski definition) is 0. The minimum Gasteiger partial charge on any atom is -0.309 e. The molecule has 6 nitrogen and oxygen atoms in total. The van der Waals surface area contributed by atoms with E-state index in [1.54, 1.807) is 0 Å². The van der Waals surface area contributed by atoms with Crippen molar-refractivity contribution in [2.24, 2.45) is 0 Å². The summed E-state index contributed by atoms with van der Waals surface area (Å²) in [5, 5.41) is 7.10. The van der Waals surface area contributed by atoms with Crippen LogP contribution in [0.25, 0.3) is 106 Å². The molecule has 0 aliphatic heterocycles. The lowest BCUT2D eigenvalue weighted by Crippen LogP contribution is -2.33. The number of fused-ring (bicyclic) bond motifs is 10. The third-order valence-corrected chi connectivity index (χ3v) is 14.3. The standard InChI is InChI=1S/C59H46N6/c1-58(2)30-31-59(3,4)48-36-54-44(33-47(48)58)46-35-52-45(42-25-15-17-27-50(42)64(52)40-22-12-7-13-23-40)34-53(46)65(54)57-61-55(37-18-8-5-9-19-37)60-56(62-57)38-28-29-51-43(32-38)41-24-14-16-26-49(41)63(51)39-20-10-6-11-21-39/h5-29,32-36H,30-31H2,1-4H3. The van der Waals surface area contributed by atoms with Gasteiger partial charge in [0.1, 0.15) is 0 Å². The Labute approximate surface area is 377 Å². The quantitative estimate of drug-likeness (QED) is 0.173. The fraction of sp³-hybridized carbons (Fsp3) is 0.136. The Hall–Kier alpha value is -7.83. The monoisotopic (exact) mass is 838 g/mol. The van der Waals surface area contributed by atoms with Crippen molar-refractivity contribution < 1.29 is 0 Å². The maximum absolute atomic E-state index is 5.52. The van der Waals surface area contributed by atoms with Crippen molar-refractivity contribution in [3.8, 4) is 40.1 Å². The normalized spacial score (nSPS) is 14.6. The lowest BCUT2D eigenvalue weighted by molar-refractivity contribution is 0.332. The molecule has 1 aliphatic rings. The first-order valence-electron chi connectivity index (χ1n) is 22.7. The van der Waals surface area contributed by atoms with Crippen LogP contribution in [0.5, 0.6) is 0 Å². The summed E-state index contributed by atoms with van der Waals surface area (Å²) in [5.41, 5.74) is 13.8. The Morgan fingerprint density at radius 2 is 0.769 bits per heavy atom. The Morgan fingerprint density at radius 3 is 1.38 bits per heavy atom. The zero-order valence-corrected chi connectivity index (χ0v) is 36.9. The van der Waals surface area contributed by atoms with E-state index in [0.29, 0.717) is 17.6 Å². The summed E-state index contributed by atoms with van der Waals surface area (Å²) >= 11 is 0. The van der Waals surface area contributed by atoms with Gasteiger partial charge in [0.05, 0.1) is 33.1 Å². The highest BCUT2D eigenvalue weighted by atomic mass is 15.2. The molecule has 0 unspecified atom stereocenters. The van der Waals surface area contributed by atoms with Crippen LogP contribution in [0, 0.1) is 0 Å². The minimum atomic E-state index is -0.00106. The average Bonchev–Trinajstić information content (AvgIpc) is 3.97. The minimum absolute atomic E-state index is 0.00106. The molecule has 312 valence electrons. The molecule has 0 saturated heterocycles. The van der Waals surface area contributed by atoms with Crippen molar-refractivity contribution in [3.05, 3.63) is 193 Å². The fourth-order valence-electron chi connectivity index (χ4n) is 10.9. The van der Waals surface area contributed by atoms with Gasteiger partial charge < -0.3 is 9.13 Å². The summed E-state index contributed by atoms with van der Waals surface area (Å²) in [4.78, 5) is 16.2. The van der Waals surface area contributed by atoms with Crippen LogP contribution in [0.2, 0.25) is 0 Å². The molecule has 0 fully saturated rings. The molecule has 4 aromatic heterocycles. The first kappa shape index (κ1) is 37.7. The van der Waals surface area contributed by atoms with Crippen LogP contribution in [0.3, 0.4) is 0 Å². The summed E-state index contributed by atoms with van der Waals surface area (Å²) in [6, 6.07) is 65.5. The molecule has 13 rings (SSSR count). The molecule has 1 aliphatic carbocycles. The SMILES string of the molecule is CC1(C)CCC(C)(C)c2cc3c(cc21)c1cc2c(cc1n3-c1nc(-c3ccccc3)nc(-c3ccc4c(c3)c3ccccc3n4-c3ccccc3)n1)c1ccccc1n2-c1ccccc1. The van der Waals surface area contributed by atoms with Crippen molar-refractivity contribution in [1.29, 1.82) is 0 Å². The van der Waals surface area contributed by atoms with E-state index < -0.39 is 0 Å². The molecular weight excluding hydrogens is 793 g/mol. The molecule has 0 saturated carbocycles. The van der Waals surface area contributed by atoms with Crippen LogP contribution in [0.1, 0.15) is 51.7 Å². The summed E-state index contributed by atoms with van der Waals surface area (Å²) in [6.45, 7) is 9.64. The number of para-hydroxylation sites is 4. The number of rotatable bonds is 5. The van der Waals surface area contributed by atoms with Gasteiger partial charge in [0.15, 0.2) is 11.6 Å². The zero-order chi connectivity index (χ0) is 43.6. The summed E-state index contributed by atoms with van der Waals surface area (Å²) in [5.74, 6) is 1.86. The van der Waals surface area contributed by atoms with Crippen molar-refractivity contribution in [3.63, 3.8) is 0 Å². The maximum Gasteiger partial charge on any atom is 0.238 e. The third-order valence-electron chi connectivity index (χ3n) is 14.3. The molecule has 6 heteroatoms. The first-order chi connectivity index (χ1) is 31.7. The van der Waals surface area contributed by atoms with E-state index in [-0.39, 0.29) is 10.8 Å². The summed E-state index contributed by atoms with van der Waals surface area (Å²) in [7, 11) is 0. The molecule has 0 spiro atoms. The fourth-order valence-corrected chi connectivity index (χ4v) is 10.9. The smallest absolute Gasteiger partial charge is 0.238 e. The van der Waals surface area contributed by atoms with E-state index >= 15 is 0 Å². The molecule has 0 amide bonds. The van der Waals surface area contributed by atoms with Gasteiger partial charge in [0.25, 0.3) is 0 Å². The van der Waals surface area contributed by atoms with E-state index in [9.17, 15) is 0 Å². The van der Waals surface area contributed by atoms with Gasteiger partial charge in [-0.25, -0.2) is 4.98 Å². The predicted molar refractivity (Wildman–Crippen MR) is 269 cm³/mol. The van der Waals surface area contributed by atoms with Crippen molar-refractivity contribution in [2.45, 2.75) is 51.4 Å². The molecule has 65 heavy (non-hydrogen) atoms. The van der Waals surface area contributed by atoms with E-state index in [0.717, 1.165) is 62.8 Å². The van der Waals surface area contributed by atoms with E-state index in [4.69, 9.17) is 15.0 Å². The maximum atomic E-state index is 5.52. The largest absolute Gasteiger partial charge is 0.309 e. The van der Waals surface area contributed by atoms with E-state index in [1.807, 2.05) is 6.07 Å². The van der Waals surface area contributed by atoms with Gasteiger partial charge in [0, 0.05) is 54.8 Å². The zero-order valence-electron chi connectivity index (χ0n) is 36.9. The lowest BCUT2D eigenvalue weighted by Gasteiger charge is -2.42. The second-order valence-electron chi connectivity index (χ2n) is 19.2. The Morgan fingerprint density at radius 1 is 0.338 bits per heavy atom. The van der Waals surface area contributed by atoms with E-state index in [2.05, 4.69) is 217 Å². The van der Waals surface area contributed by atoms with Gasteiger partial charge in [-0.2, -0.15) is 9.97 Å². The number of hydrogen-bond acceptors (Lipinski definition) is 3. The van der Waals surface area contributed by atoms with Crippen LogP contribution < -0.4 is 0 Å². The van der Waals surface area contributed by atoms with Gasteiger partial charge in [-0.1, -0.05) is 131 Å². The van der Waals surface area contributed by atoms with E-state index in [1.165, 1.54) is 49.1 Å². The van der Waals surface area contributed by atoms with Crippen LogP contribution in [-0.4, -0.2) is 28.7 Å². The number of aromatic nitrogens is 6. The molecule has 0 radical (unpaired) electrons. The molecule has 12 aromatic rings. The highest BCUT2D eigenvalue weighted by Gasteiger charge is 2.38. The predicted octanol–water partition coefficient (Wildman–Crippen LogP) is 14.8. The van der Waals surface area contributed by atoms with Gasteiger partial charge in [-0.3, -0.25) is 4.57 Å². The Bertz CT molecular complexity index is 3870. The first-order valence-corrected chi connectivity index (χ1v) is 22.7. The average molecular weight is 839 g/mol. The van der Waals surface area contributed by atoms with Crippen molar-refractivity contribution in [1.82, 2.24) is 28.7 Å². The van der Waals surface area contributed by atoms with Gasteiger partial charge >= 0.3 is 0 Å². The van der Waals surface area contributed by atoms with Gasteiger partial charge in [-0.05, 0) is 114 Å². The molecule has 0 bridgehead atoms. The lowest BCUT2D eigenvalue weighted by atomic mass is 9.63. The van der Waals surface area contributed by atoms with Crippen LogP contribution in [0.4, 0.5) is 0 Å². The third kappa shape index (κ3) is 5.69. The second-order valence-corrected chi connectivity index (χ2v) is 19.2. The van der Waals surface area contributed by atoms with Crippen LogP contribution >= 0.6 is 0 Å². The van der Waals surface area contributed by atoms with Gasteiger partial charge in [0.2, 0.25) is 5.95 Å². The molecule has 8 aromatic carbocycles. The number of nitrogens with zero attached hydrogens (tertiary/aromatic N) is 6. The van der Waals surface area contributed by atoms with Crippen LogP contribution in [0.15, 0.2) is 182 Å². The molecule has 4 heterocycles. The molecule has 0 atom stereocenters. The topological polar surface area (TPSA) is 53.5 Å². The Balaban J connectivity index is 1.13. The Kier molecular flexibility index (Phi) is 8.02. The molecule has 0 N–H and O–H groups in total. The number of benzene rings is 8. The summed E-state index contributed by atoms with van der Waals surface area (Å²) < 4.78 is 7.09. The second kappa shape index (κ2) is 13.8. The van der Waals surface area contributed by atoms with Gasteiger partial charge in [-0.15, -0.1) is 0 Å². The highest BCUT2D eigenvalue weighted by molar-refractivity contribution is 6.19. The van der Waals surface area contributed by atoms with Crippen molar-refractivity contribution in [2.75, 3.05) is 0 Å². The highest BCUT2D eigenvalue weighted by Crippen LogP contribution is 2.49.